The highest BCUT2D eigenvalue weighted by molar-refractivity contribution is 7.10. The predicted molar refractivity (Wildman–Crippen MR) is 107 cm³/mol. The predicted octanol–water partition coefficient (Wildman–Crippen LogP) is 4.93. The Labute approximate surface area is 165 Å². The Bertz CT molecular complexity index is 784. The van der Waals surface area contributed by atoms with Crippen molar-refractivity contribution in [3.63, 3.8) is 0 Å². The Morgan fingerprint density at radius 1 is 1.22 bits per heavy atom. The number of ketones is 1. The Kier molecular flexibility index (Phi) is 6.42. The maximum absolute atomic E-state index is 12.4. The Balaban J connectivity index is 1.61. The van der Waals surface area contributed by atoms with Gasteiger partial charge in [-0.2, -0.15) is 0 Å². The van der Waals surface area contributed by atoms with Gasteiger partial charge in [0.15, 0.2) is 0 Å². The normalized spacial score (nSPS) is 22.6. The van der Waals surface area contributed by atoms with Crippen molar-refractivity contribution in [1.82, 2.24) is 4.98 Å². The number of thiazole rings is 1. The first kappa shape index (κ1) is 19.7. The average Bonchev–Trinajstić information content (AvgIpc) is 3.10. The summed E-state index contributed by atoms with van der Waals surface area (Å²) in [5, 5.41) is 2.56. The van der Waals surface area contributed by atoms with E-state index in [-0.39, 0.29) is 12.5 Å². The topological polar surface area (TPSA) is 56.3 Å². The minimum Gasteiger partial charge on any atom is -0.456 e. The number of aromatic nitrogens is 1. The molecule has 1 aliphatic rings. The van der Waals surface area contributed by atoms with Crippen LogP contribution in [0.4, 0.5) is 0 Å². The van der Waals surface area contributed by atoms with Crippen molar-refractivity contribution >= 4 is 23.1 Å². The van der Waals surface area contributed by atoms with Crippen LogP contribution in [0, 0.1) is 17.8 Å². The zero-order chi connectivity index (χ0) is 19.4. The molecule has 0 radical (unpaired) electrons. The van der Waals surface area contributed by atoms with Crippen LogP contribution in [0.5, 0.6) is 0 Å². The lowest BCUT2D eigenvalue weighted by Gasteiger charge is -2.36. The van der Waals surface area contributed by atoms with Crippen LogP contribution in [-0.4, -0.2) is 22.8 Å². The molecule has 1 aromatic heterocycles. The third-order valence-electron chi connectivity index (χ3n) is 5.38. The monoisotopic (exact) mass is 385 g/mol. The largest absolute Gasteiger partial charge is 0.456 e. The van der Waals surface area contributed by atoms with Gasteiger partial charge in [0.25, 0.3) is 0 Å². The minimum atomic E-state index is -0.712. The van der Waals surface area contributed by atoms with Gasteiger partial charge in [0.2, 0.25) is 5.78 Å². The van der Waals surface area contributed by atoms with Gasteiger partial charge in [-0.3, -0.25) is 4.79 Å². The van der Waals surface area contributed by atoms with Crippen LogP contribution >= 0.6 is 11.3 Å². The molecule has 144 valence electrons. The van der Waals surface area contributed by atoms with Crippen molar-refractivity contribution in [2.45, 2.75) is 52.6 Å². The number of nitrogens with zero attached hydrogens (tertiary/aromatic N) is 1. The standard InChI is InChI=1S/C22H27NO3S/c1-14(2)17-10-9-15(3)11-20(17)26-22(25)19(24)12-21-23-18(13-27-21)16-7-5-4-6-8-16/h4-8,13-15,17,20H,9-12H2,1-3H3. The molecule has 1 aromatic carbocycles. The number of carbonyl (C=O) groups is 2. The summed E-state index contributed by atoms with van der Waals surface area (Å²) in [5.74, 6) is 0.0847. The molecule has 3 atom stereocenters. The van der Waals surface area contributed by atoms with Crippen LogP contribution in [0.2, 0.25) is 0 Å². The molecular formula is C22H27NO3S. The van der Waals surface area contributed by atoms with Gasteiger partial charge in [0, 0.05) is 10.9 Å². The summed E-state index contributed by atoms with van der Waals surface area (Å²) in [6.07, 6.45) is 2.91. The third-order valence-corrected chi connectivity index (χ3v) is 6.23. The quantitative estimate of drug-likeness (QED) is 0.523. The van der Waals surface area contributed by atoms with Gasteiger partial charge in [-0.1, -0.05) is 57.5 Å². The first-order chi connectivity index (χ1) is 12.9. The van der Waals surface area contributed by atoms with Crippen molar-refractivity contribution < 1.29 is 14.3 Å². The molecule has 1 aliphatic carbocycles. The second kappa shape index (κ2) is 8.79. The number of hydrogen-bond acceptors (Lipinski definition) is 5. The van der Waals surface area contributed by atoms with Crippen LogP contribution in [-0.2, 0) is 20.7 Å². The summed E-state index contributed by atoms with van der Waals surface area (Å²) in [6, 6.07) is 9.81. The number of Topliss-reactive ketones (excluding diaryl/α,β-unsaturated/α-hetero) is 1. The highest BCUT2D eigenvalue weighted by Crippen LogP contribution is 2.35. The van der Waals surface area contributed by atoms with Crippen molar-refractivity contribution in [2.75, 3.05) is 0 Å². The van der Waals surface area contributed by atoms with Gasteiger partial charge in [0.1, 0.15) is 11.1 Å². The number of benzene rings is 1. The van der Waals surface area contributed by atoms with Crippen LogP contribution in [0.25, 0.3) is 11.3 Å². The molecule has 1 saturated carbocycles. The van der Waals surface area contributed by atoms with Gasteiger partial charge in [-0.15, -0.1) is 11.3 Å². The number of esters is 1. The van der Waals surface area contributed by atoms with E-state index in [1.165, 1.54) is 11.3 Å². The Hall–Kier alpha value is -2.01. The molecule has 1 heterocycles. The lowest BCUT2D eigenvalue weighted by atomic mass is 9.75. The molecule has 5 heteroatoms. The number of rotatable bonds is 6. The molecule has 4 nitrogen and oxygen atoms in total. The number of hydrogen-bond donors (Lipinski definition) is 0. The van der Waals surface area contributed by atoms with Gasteiger partial charge in [-0.25, -0.2) is 9.78 Å². The SMILES string of the molecule is CC1CCC(C(C)C)C(OC(=O)C(=O)Cc2nc(-c3ccccc3)cs2)C1. The van der Waals surface area contributed by atoms with E-state index in [0.717, 1.165) is 30.5 Å². The van der Waals surface area contributed by atoms with Crippen LogP contribution in [0.1, 0.15) is 45.0 Å². The second-order valence-corrected chi connectivity index (χ2v) is 8.80. The Morgan fingerprint density at radius 2 is 1.96 bits per heavy atom. The Morgan fingerprint density at radius 3 is 2.67 bits per heavy atom. The highest BCUT2D eigenvalue weighted by Gasteiger charge is 2.34. The highest BCUT2D eigenvalue weighted by atomic mass is 32.1. The van der Waals surface area contributed by atoms with E-state index in [9.17, 15) is 9.59 Å². The summed E-state index contributed by atoms with van der Waals surface area (Å²) in [6.45, 7) is 6.49. The van der Waals surface area contributed by atoms with Crippen molar-refractivity contribution in [2.24, 2.45) is 17.8 Å². The molecular weight excluding hydrogens is 358 g/mol. The van der Waals surface area contributed by atoms with E-state index in [1.54, 1.807) is 0 Å². The fourth-order valence-corrected chi connectivity index (χ4v) is 4.60. The molecule has 2 aromatic rings. The lowest BCUT2D eigenvalue weighted by molar-refractivity contribution is -0.162. The first-order valence-corrected chi connectivity index (χ1v) is 10.6. The van der Waals surface area contributed by atoms with Crippen molar-refractivity contribution in [1.29, 1.82) is 0 Å². The molecule has 0 amide bonds. The molecule has 3 unspecified atom stereocenters. The maximum atomic E-state index is 12.4. The summed E-state index contributed by atoms with van der Waals surface area (Å²) >= 11 is 1.40. The summed E-state index contributed by atoms with van der Waals surface area (Å²) in [5.41, 5.74) is 1.84. The van der Waals surface area contributed by atoms with Gasteiger partial charge < -0.3 is 4.74 Å². The molecule has 0 aliphatic heterocycles. The third kappa shape index (κ3) is 5.04. The van der Waals surface area contributed by atoms with Crippen molar-refractivity contribution in [3.8, 4) is 11.3 Å². The molecule has 0 N–H and O–H groups in total. The van der Waals surface area contributed by atoms with E-state index in [4.69, 9.17) is 4.74 Å². The molecule has 0 saturated heterocycles. The van der Waals surface area contributed by atoms with Gasteiger partial charge in [0.05, 0.1) is 12.1 Å². The molecule has 0 spiro atoms. The van der Waals surface area contributed by atoms with E-state index in [2.05, 4.69) is 25.8 Å². The molecule has 3 rings (SSSR count). The van der Waals surface area contributed by atoms with E-state index in [0.29, 0.717) is 22.8 Å². The zero-order valence-electron chi connectivity index (χ0n) is 16.2. The molecule has 1 fully saturated rings. The van der Waals surface area contributed by atoms with Crippen LogP contribution < -0.4 is 0 Å². The number of carbonyl (C=O) groups excluding carboxylic acids is 2. The van der Waals surface area contributed by atoms with Crippen LogP contribution in [0.15, 0.2) is 35.7 Å². The summed E-state index contributed by atoms with van der Waals surface area (Å²) < 4.78 is 5.65. The van der Waals surface area contributed by atoms with E-state index in [1.807, 2.05) is 35.7 Å². The maximum Gasteiger partial charge on any atom is 0.375 e. The zero-order valence-corrected chi connectivity index (χ0v) is 17.0. The van der Waals surface area contributed by atoms with Gasteiger partial charge in [-0.05, 0) is 30.6 Å². The minimum absolute atomic E-state index is 0.00491. The number of ether oxygens (including phenoxy) is 1. The van der Waals surface area contributed by atoms with E-state index >= 15 is 0 Å². The fraction of sp³-hybridized carbons (Fsp3) is 0.500. The van der Waals surface area contributed by atoms with Gasteiger partial charge >= 0.3 is 5.97 Å². The van der Waals surface area contributed by atoms with Crippen molar-refractivity contribution in [3.05, 3.63) is 40.7 Å². The fourth-order valence-electron chi connectivity index (χ4n) is 3.80. The van der Waals surface area contributed by atoms with E-state index < -0.39 is 11.8 Å². The molecule has 0 bridgehead atoms. The van der Waals surface area contributed by atoms with Crippen LogP contribution in [0.3, 0.4) is 0 Å². The first-order valence-electron chi connectivity index (χ1n) is 9.67. The average molecular weight is 386 g/mol. The lowest BCUT2D eigenvalue weighted by Crippen LogP contribution is -2.37. The summed E-state index contributed by atoms with van der Waals surface area (Å²) in [4.78, 5) is 29.2. The second-order valence-electron chi connectivity index (χ2n) is 7.86. The smallest absolute Gasteiger partial charge is 0.375 e. The molecule has 27 heavy (non-hydrogen) atoms. The summed E-state index contributed by atoms with van der Waals surface area (Å²) in [7, 11) is 0.